The van der Waals surface area contributed by atoms with Crippen LogP contribution in [0.3, 0.4) is 0 Å². The molecule has 4 amide bonds. The molecule has 2 aliphatic heterocycles. The summed E-state index contributed by atoms with van der Waals surface area (Å²) in [7, 11) is 0. The van der Waals surface area contributed by atoms with Crippen LogP contribution < -0.4 is 11.1 Å². The lowest BCUT2D eigenvalue weighted by atomic mass is 9.82. The van der Waals surface area contributed by atoms with Gasteiger partial charge in [-0.1, -0.05) is 19.3 Å². The molecule has 2 saturated heterocycles. The van der Waals surface area contributed by atoms with Gasteiger partial charge in [0.25, 0.3) is 5.91 Å². The number of hydrogen-bond donors (Lipinski definition) is 2. The van der Waals surface area contributed by atoms with Crippen molar-refractivity contribution in [1.29, 1.82) is 0 Å². The van der Waals surface area contributed by atoms with Gasteiger partial charge in [0.1, 0.15) is 12.1 Å². The van der Waals surface area contributed by atoms with Gasteiger partial charge in [-0.05, 0) is 37.5 Å². The van der Waals surface area contributed by atoms with Crippen molar-refractivity contribution in [3.63, 3.8) is 0 Å². The summed E-state index contributed by atoms with van der Waals surface area (Å²) in [6.07, 6.45) is 6.47. The second kappa shape index (κ2) is 5.72. The van der Waals surface area contributed by atoms with E-state index in [4.69, 9.17) is 5.73 Å². The average Bonchev–Trinajstić information content (AvgIpc) is 3.20. The molecule has 132 valence electrons. The quantitative estimate of drug-likeness (QED) is 0.716. The second-order valence-corrected chi connectivity index (χ2v) is 7.93. The molecule has 0 radical (unpaired) electrons. The van der Waals surface area contributed by atoms with E-state index >= 15 is 0 Å². The van der Waals surface area contributed by atoms with Crippen molar-refractivity contribution < 1.29 is 14.4 Å². The van der Waals surface area contributed by atoms with Crippen LogP contribution in [0.4, 0.5) is 4.79 Å². The van der Waals surface area contributed by atoms with Crippen LogP contribution >= 0.6 is 0 Å². The van der Waals surface area contributed by atoms with Crippen molar-refractivity contribution in [2.75, 3.05) is 19.6 Å². The molecule has 0 aromatic heterocycles. The van der Waals surface area contributed by atoms with Crippen molar-refractivity contribution in [3.05, 3.63) is 0 Å². The van der Waals surface area contributed by atoms with Gasteiger partial charge in [0.15, 0.2) is 0 Å². The number of imide groups is 1. The smallest absolute Gasteiger partial charge is 0.325 e. The van der Waals surface area contributed by atoms with Crippen molar-refractivity contribution in [2.45, 2.75) is 56.5 Å². The Morgan fingerprint density at radius 1 is 1.17 bits per heavy atom. The summed E-state index contributed by atoms with van der Waals surface area (Å²) >= 11 is 0. The van der Waals surface area contributed by atoms with Gasteiger partial charge in [-0.25, -0.2) is 4.79 Å². The maximum atomic E-state index is 12.7. The highest BCUT2D eigenvalue weighted by Crippen LogP contribution is 2.37. The summed E-state index contributed by atoms with van der Waals surface area (Å²) < 4.78 is 0. The Balaban J connectivity index is 1.41. The number of amides is 4. The number of likely N-dealkylation sites (tertiary alicyclic amines) is 1. The predicted octanol–water partition coefficient (Wildman–Crippen LogP) is 0.437. The molecule has 3 atom stereocenters. The number of carbonyl (C=O) groups excluding carboxylic acids is 3. The minimum absolute atomic E-state index is 0.132. The highest BCUT2D eigenvalue weighted by atomic mass is 16.2. The third-order valence-corrected chi connectivity index (χ3v) is 6.51. The first-order valence-corrected chi connectivity index (χ1v) is 9.18. The zero-order valence-electron chi connectivity index (χ0n) is 14.0. The first kappa shape index (κ1) is 15.9. The maximum Gasteiger partial charge on any atom is 0.325 e. The van der Waals surface area contributed by atoms with Gasteiger partial charge >= 0.3 is 6.03 Å². The second-order valence-electron chi connectivity index (χ2n) is 7.93. The molecule has 2 aliphatic carbocycles. The average molecular weight is 334 g/mol. The molecule has 1 spiro atoms. The third kappa shape index (κ3) is 2.41. The highest BCUT2D eigenvalue weighted by Gasteiger charge is 2.52. The first-order chi connectivity index (χ1) is 11.5. The van der Waals surface area contributed by atoms with Crippen molar-refractivity contribution in [2.24, 2.45) is 17.6 Å². The lowest BCUT2D eigenvalue weighted by Crippen LogP contribution is -2.49. The Morgan fingerprint density at radius 3 is 2.62 bits per heavy atom. The van der Waals surface area contributed by atoms with Crippen molar-refractivity contribution in [3.8, 4) is 0 Å². The Kier molecular flexibility index (Phi) is 3.78. The van der Waals surface area contributed by atoms with Gasteiger partial charge in [0.05, 0.1) is 0 Å². The Labute approximate surface area is 141 Å². The van der Waals surface area contributed by atoms with Crippen LogP contribution in [0.2, 0.25) is 0 Å². The van der Waals surface area contributed by atoms with Gasteiger partial charge in [-0.3, -0.25) is 14.5 Å². The summed E-state index contributed by atoms with van der Waals surface area (Å²) in [5, 5.41) is 2.86. The largest absolute Gasteiger partial charge is 0.341 e. The molecular weight excluding hydrogens is 308 g/mol. The third-order valence-electron chi connectivity index (χ3n) is 6.51. The van der Waals surface area contributed by atoms with Gasteiger partial charge in [0, 0.05) is 19.1 Å². The topological polar surface area (TPSA) is 95.7 Å². The SMILES string of the molecule is NC1CCC2CN(C(=O)CN3C(=O)NC4(CCCCC4)C3=O)CC12. The monoisotopic (exact) mass is 334 g/mol. The number of urea groups is 1. The molecule has 7 nitrogen and oxygen atoms in total. The van der Waals surface area contributed by atoms with Crippen LogP contribution in [0.5, 0.6) is 0 Å². The lowest BCUT2D eigenvalue weighted by molar-refractivity contribution is -0.139. The van der Waals surface area contributed by atoms with E-state index < -0.39 is 11.6 Å². The van der Waals surface area contributed by atoms with E-state index in [1.54, 1.807) is 4.90 Å². The van der Waals surface area contributed by atoms with E-state index in [1.165, 1.54) is 0 Å². The maximum absolute atomic E-state index is 12.7. The Hall–Kier alpha value is -1.63. The predicted molar refractivity (Wildman–Crippen MR) is 86.8 cm³/mol. The van der Waals surface area contributed by atoms with Crippen LogP contribution in [0, 0.1) is 11.8 Å². The number of fused-ring (bicyclic) bond motifs is 1. The molecule has 24 heavy (non-hydrogen) atoms. The summed E-state index contributed by atoms with van der Waals surface area (Å²) in [4.78, 5) is 40.5. The fraction of sp³-hybridized carbons (Fsp3) is 0.824. The van der Waals surface area contributed by atoms with E-state index in [0.29, 0.717) is 37.8 Å². The van der Waals surface area contributed by atoms with Crippen LogP contribution in [0.1, 0.15) is 44.9 Å². The van der Waals surface area contributed by atoms with E-state index in [1.807, 2.05) is 0 Å². The van der Waals surface area contributed by atoms with Gasteiger partial charge in [-0.2, -0.15) is 0 Å². The normalized spacial score (nSPS) is 34.8. The minimum atomic E-state index is -0.751. The Bertz CT molecular complexity index is 572. The zero-order chi connectivity index (χ0) is 16.9. The fourth-order valence-corrected chi connectivity index (χ4v) is 5.06. The molecular formula is C17H26N4O3. The number of nitrogens with zero attached hydrogens (tertiary/aromatic N) is 2. The molecule has 7 heteroatoms. The number of nitrogens with one attached hydrogen (secondary N) is 1. The van der Waals surface area contributed by atoms with Gasteiger partial charge in [-0.15, -0.1) is 0 Å². The number of rotatable bonds is 2. The molecule has 0 aromatic rings. The first-order valence-electron chi connectivity index (χ1n) is 9.18. The number of carbonyl (C=O) groups is 3. The van der Waals surface area contributed by atoms with E-state index in [-0.39, 0.29) is 24.4 Å². The molecule has 0 bridgehead atoms. The van der Waals surface area contributed by atoms with Crippen LogP contribution in [-0.2, 0) is 9.59 Å². The molecule has 3 unspecified atom stereocenters. The fourth-order valence-electron chi connectivity index (χ4n) is 5.06. The van der Waals surface area contributed by atoms with Gasteiger partial charge < -0.3 is 16.0 Å². The summed E-state index contributed by atoms with van der Waals surface area (Å²) in [5.74, 6) is 0.517. The minimum Gasteiger partial charge on any atom is -0.341 e. The molecule has 3 N–H and O–H groups in total. The van der Waals surface area contributed by atoms with E-state index in [2.05, 4.69) is 5.32 Å². The summed E-state index contributed by atoms with van der Waals surface area (Å²) in [6.45, 7) is 1.24. The zero-order valence-corrected chi connectivity index (χ0v) is 14.0. The highest BCUT2D eigenvalue weighted by molar-refractivity contribution is 6.09. The molecule has 2 saturated carbocycles. The summed E-state index contributed by atoms with van der Waals surface area (Å²) in [5.41, 5.74) is 5.37. The summed E-state index contributed by atoms with van der Waals surface area (Å²) in [6, 6.07) is -0.235. The van der Waals surface area contributed by atoms with E-state index in [0.717, 1.165) is 37.0 Å². The molecule has 4 rings (SSSR count). The van der Waals surface area contributed by atoms with Crippen LogP contribution in [0.25, 0.3) is 0 Å². The molecule has 0 aromatic carbocycles. The molecule has 2 heterocycles. The van der Waals surface area contributed by atoms with E-state index in [9.17, 15) is 14.4 Å². The lowest BCUT2D eigenvalue weighted by Gasteiger charge is -2.30. The standard InChI is InChI=1S/C17H26N4O3/c18-13-5-4-11-8-20(9-12(11)13)14(22)10-21-15(23)17(19-16(21)24)6-2-1-3-7-17/h11-13H,1-10,18H2,(H,19,24). The molecule has 4 aliphatic rings. The van der Waals surface area contributed by atoms with Crippen LogP contribution in [-0.4, -0.2) is 58.9 Å². The number of nitrogens with two attached hydrogens (primary N) is 1. The van der Waals surface area contributed by atoms with Crippen molar-refractivity contribution in [1.82, 2.24) is 15.1 Å². The van der Waals surface area contributed by atoms with Gasteiger partial charge in [0.2, 0.25) is 5.91 Å². The van der Waals surface area contributed by atoms with Crippen molar-refractivity contribution >= 4 is 17.8 Å². The molecule has 4 fully saturated rings. The number of hydrogen-bond acceptors (Lipinski definition) is 4. The van der Waals surface area contributed by atoms with Crippen LogP contribution in [0.15, 0.2) is 0 Å². The Morgan fingerprint density at radius 2 is 1.92 bits per heavy atom.